The summed E-state index contributed by atoms with van der Waals surface area (Å²) in [5.74, 6) is -0.655. The Bertz CT molecular complexity index is 691. The normalized spacial score (nSPS) is 20.9. The van der Waals surface area contributed by atoms with Gasteiger partial charge in [0.25, 0.3) is 0 Å². The molecule has 0 saturated heterocycles. The first-order chi connectivity index (χ1) is 9.62. The summed E-state index contributed by atoms with van der Waals surface area (Å²) in [6, 6.07) is 13.3. The maximum atomic E-state index is 11.5. The summed E-state index contributed by atoms with van der Waals surface area (Å²) >= 11 is 0. The Kier molecular flexibility index (Phi) is 2.71. The van der Waals surface area contributed by atoms with Gasteiger partial charge >= 0.3 is 5.97 Å². The summed E-state index contributed by atoms with van der Waals surface area (Å²) in [6.45, 7) is 0. The van der Waals surface area contributed by atoms with Crippen molar-refractivity contribution in [3.63, 3.8) is 0 Å². The molecule has 2 aromatic carbocycles. The van der Waals surface area contributed by atoms with Crippen LogP contribution in [0.5, 0.6) is 11.5 Å². The molecule has 1 heterocycles. The van der Waals surface area contributed by atoms with Crippen LogP contribution >= 0.6 is 0 Å². The molecule has 4 heteroatoms. The minimum Gasteiger partial charge on any atom is -0.508 e. The van der Waals surface area contributed by atoms with E-state index in [-0.39, 0.29) is 11.5 Å². The third-order valence-corrected chi connectivity index (χ3v) is 3.30. The maximum absolute atomic E-state index is 11.5. The Balaban J connectivity index is 2.22. The lowest BCUT2D eigenvalue weighted by Gasteiger charge is -2.28. The average molecular weight is 268 g/mol. The first-order valence-corrected chi connectivity index (χ1v) is 6.12. The van der Waals surface area contributed by atoms with E-state index in [1.165, 1.54) is 18.2 Å². The van der Waals surface area contributed by atoms with E-state index in [0.29, 0.717) is 5.56 Å². The number of rotatable bonds is 2. The van der Waals surface area contributed by atoms with Crippen LogP contribution in [0.2, 0.25) is 0 Å². The zero-order valence-electron chi connectivity index (χ0n) is 10.5. The molecule has 0 aliphatic carbocycles. The molecule has 2 N–H and O–H groups in total. The second-order valence-corrected chi connectivity index (χ2v) is 4.56. The van der Waals surface area contributed by atoms with Crippen molar-refractivity contribution in [2.75, 3.05) is 0 Å². The van der Waals surface area contributed by atoms with Crippen molar-refractivity contribution in [1.29, 1.82) is 0 Å². The van der Waals surface area contributed by atoms with Gasteiger partial charge < -0.3 is 14.9 Å². The van der Waals surface area contributed by atoms with Crippen LogP contribution in [0.4, 0.5) is 0 Å². The minimum atomic E-state index is -1.16. The number of aromatic hydroxyl groups is 2. The Labute approximate surface area is 115 Å². The molecule has 20 heavy (non-hydrogen) atoms. The number of hydrogen-bond acceptors (Lipinski definition) is 4. The fourth-order valence-electron chi connectivity index (χ4n) is 2.39. The van der Waals surface area contributed by atoms with Crippen LogP contribution < -0.4 is 0 Å². The van der Waals surface area contributed by atoms with E-state index in [2.05, 4.69) is 0 Å². The molecule has 1 aliphatic rings. The van der Waals surface area contributed by atoms with Crippen molar-refractivity contribution in [1.82, 2.24) is 0 Å². The zero-order chi connectivity index (χ0) is 14.2. The lowest BCUT2D eigenvalue weighted by atomic mass is 9.86. The standard InChI is InChI=1S/C16H12O4/c17-12-6-7-13(14(18)10-12)16(9-8-15(19)20-16)11-4-2-1-3-5-11/h1-10,17-18H. The fraction of sp³-hybridized carbons (Fsp3) is 0.0625. The van der Waals surface area contributed by atoms with Gasteiger partial charge in [0.2, 0.25) is 0 Å². The number of carbonyl (C=O) groups excluding carboxylic acids is 1. The molecule has 100 valence electrons. The van der Waals surface area contributed by atoms with E-state index >= 15 is 0 Å². The van der Waals surface area contributed by atoms with Gasteiger partial charge in [-0.2, -0.15) is 0 Å². The molecule has 2 aromatic rings. The number of carbonyl (C=O) groups is 1. The van der Waals surface area contributed by atoms with Crippen molar-refractivity contribution in [2.24, 2.45) is 0 Å². The van der Waals surface area contributed by atoms with E-state index < -0.39 is 11.6 Å². The third kappa shape index (κ3) is 1.82. The summed E-state index contributed by atoms with van der Waals surface area (Å²) < 4.78 is 5.45. The van der Waals surface area contributed by atoms with Gasteiger partial charge in [0.1, 0.15) is 11.5 Å². The number of cyclic esters (lactones) is 1. The highest BCUT2D eigenvalue weighted by atomic mass is 16.6. The molecule has 0 spiro atoms. The SMILES string of the molecule is O=C1C=CC(c2ccccc2)(c2ccc(O)cc2O)O1. The van der Waals surface area contributed by atoms with E-state index in [4.69, 9.17) is 4.74 Å². The van der Waals surface area contributed by atoms with Crippen molar-refractivity contribution < 1.29 is 19.7 Å². The van der Waals surface area contributed by atoms with Crippen LogP contribution in [-0.2, 0) is 15.1 Å². The molecule has 1 unspecified atom stereocenters. The van der Waals surface area contributed by atoms with Crippen molar-refractivity contribution in [3.05, 3.63) is 71.8 Å². The summed E-state index contributed by atoms with van der Waals surface area (Å²) in [4.78, 5) is 11.5. The molecule has 1 atom stereocenters. The minimum absolute atomic E-state index is 0.0530. The number of ether oxygens (including phenoxy) is 1. The smallest absolute Gasteiger partial charge is 0.332 e. The van der Waals surface area contributed by atoms with E-state index in [9.17, 15) is 15.0 Å². The van der Waals surface area contributed by atoms with Gasteiger partial charge in [0.15, 0.2) is 5.60 Å². The van der Waals surface area contributed by atoms with Gasteiger partial charge in [-0.1, -0.05) is 30.3 Å². The van der Waals surface area contributed by atoms with Crippen LogP contribution in [0, 0.1) is 0 Å². The number of esters is 1. The Morgan fingerprint density at radius 3 is 2.35 bits per heavy atom. The van der Waals surface area contributed by atoms with E-state index in [0.717, 1.165) is 5.56 Å². The highest BCUT2D eigenvalue weighted by Gasteiger charge is 2.41. The number of benzene rings is 2. The van der Waals surface area contributed by atoms with Gasteiger partial charge in [-0.05, 0) is 18.2 Å². The maximum Gasteiger partial charge on any atom is 0.332 e. The van der Waals surface area contributed by atoms with Crippen LogP contribution in [0.15, 0.2) is 60.7 Å². The Morgan fingerprint density at radius 2 is 1.75 bits per heavy atom. The average Bonchev–Trinajstić information content (AvgIpc) is 2.83. The molecular formula is C16H12O4. The summed E-state index contributed by atoms with van der Waals surface area (Å²) in [5, 5.41) is 19.5. The summed E-state index contributed by atoms with van der Waals surface area (Å²) in [7, 11) is 0. The molecule has 3 rings (SSSR count). The molecule has 0 bridgehead atoms. The molecule has 4 nitrogen and oxygen atoms in total. The molecule has 0 fully saturated rings. The van der Waals surface area contributed by atoms with Crippen LogP contribution in [-0.4, -0.2) is 16.2 Å². The lowest BCUT2D eigenvalue weighted by Crippen LogP contribution is -2.27. The molecule has 1 aliphatic heterocycles. The largest absolute Gasteiger partial charge is 0.508 e. The van der Waals surface area contributed by atoms with Crippen molar-refractivity contribution in [2.45, 2.75) is 5.60 Å². The third-order valence-electron chi connectivity index (χ3n) is 3.30. The number of hydrogen-bond donors (Lipinski definition) is 2. The van der Waals surface area contributed by atoms with Gasteiger partial charge in [0, 0.05) is 23.3 Å². The summed E-state index contributed by atoms with van der Waals surface area (Å²) in [6.07, 6.45) is 2.94. The quantitative estimate of drug-likeness (QED) is 0.821. The molecular weight excluding hydrogens is 256 g/mol. The first kappa shape index (κ1) is 12.3. The van der Waals surface area contributed by atoms with Crippen LogP contribution in [0.1, 0.15) is 11.1 Å². The van der Waals surface area contributed by atoms with Crippen molar-refractivity contribution in [3.8, 4) is 11.5 Å². The fourth-order valence-corrected chi connectivity index (χ4v) is 2.39. The first-order valence-electron chi connectivity index (χ1n) is 6.12. The number of phenolic OH excluding ortho intramolecular Hbond substituents is 2. The monoisotopic (exact) mass is 268 g/mol. The second kappa shape index (κ2) is 4.42. The predicted octanol–water partition coefficient (Wildman–Crippen LogP) is 2.45. The van der Waals surface area contributed by atoms with Crippen LogP contribution in [0.3, 0.4) is 0 Å². The topological polar surface area (TPSA) is 66.8 Å². The molecule has 0 saturated carbocycles. The second-order valence-electron chi connectivity index (χ2n) is 4.56. The lowest BCUT2D eigenvalue weighted by molar-refractivity contribution is -0.143. The highest BCUT2D eigenvalue weighted by molar-refractivity contribution is 5.86. The van der Waals surface area contributed by atoms with Gasteiger partial charge in [0.05, 0.1) is 0 Å². The van der Waals surface area contributed by atoms with E-state index in [1.54, 1.807) is 12.1 Å². The number of phenols is 2. The predicted molar refractivity (Wildman–Crippen MR) is 72.2 cm³/mol. The molecule has 0 amide bonds. The zero-order valence-corrected chi connectivity index (χ0v) is 10.5. The van der Waals surface area contributed by atoms with Gasteiger partial charge in [-0.15, -0.1) is 0 Å². The molecule has 0 radical (unpaired) electrons. The Morgan fingerprint density at radius 1 is 1.00 bits per heavy atom. The Hall–Kier alpha value is -2.75. The molecule has 0 aromatic heterocycles. The van der Waals surface area contributed by atoms with Gasteiger partial charge in [-0.3, -0.25) is 0 Å². The summed E-state index contributed by atoms with van der Waals surface area (Å²) in [5.41, 5.74) is -0.0254. The van der Waals surface area contributed by atoms with Gasteiger partial charge in [-0.25, -0.2) is 4.79 Å². The highest BCUT2D eigenvalue weighted by Crippen LogP contribution is 2.43. The van der Waals surface area contributed by atoms with E-state index in [1.807, 2.05) is 30.3 Å². The van der Waals surface area contributed by atoms with Crippen molar-refractivity contribution >= 4 is 5.97 Å². The van der Waals surface area contributed by atoms with Crippen LogP contribution in [0.25, 0.3) is 0 Å².